The fourth-order valence-corrected chi connectivity index (χ4v) is 2.45. The SMILES string of the molecule is C[C@H](CC(=O)c1ccccc1)c1ccc(C(C)(C)C)cc1. The smallest absolute Gasteiger partial charge is 0.163 e. The Hall–Kier alpha value is -1.89. The molecule has 0 spiro atoms. The van der Waals surface area contributed by atoms with Gasteiger partial charge in [-0.05, 0) is 22.5 Å². The lowest BCUT2D eigenvalue weighted by Crippen LogP contribution is -2.11. The molecule has 1 atom stereocenters. The fourth-order valence-electron chi connectivity index (χ4n) is 2.45. The predicted molar refractivity (Wildman–Crippen MR) is 88.9 cm³/mol. The van der Waals surface area contributed by atoms with Crippen molar-refractivity contribution in [3.05, 3.63) is 71.3 Å². The van der Waals surface area contributed by atoms with E-state index in [1.807, 2.05) is 30.3 Å². The van der Waals surface area contributed by atoms with Crippen molar-refractivity contribution in [1.82, 2.24) is 0 Å². The largest absolute Gasteiger partial charge is 0.294 e. The lowest BCUT2D eigenvalue weighted by molar-refractivity contribution is 0.0975. The molecule has 0 aliphatic heterocycles. The number of carbonyl (C=O) groups is 1. The van der Waals surface area contributed by atoms with E-state index in [-0.39, 0.29) is 17.1 Å². The van der Waals surface area contributed by atoms with Crippen LogP contribution < -0.4 is 0 Å². The molecule has 0 heterocycles. The van der Waals surface area contributed by atoms with Crippen LogP contribution in [0.15, 0.2) is 54.6 Å². The molecule has 0 radical (unpaired) electrons. The standard InChI is InChI=1S/C20H24O/c1-15(14-19(21)17-8-6-5-7-9-17)16-10-12-18(13-11-16)20(2,3)4/h5-13,15H,14H2,1-4H3/t15-/m1/s1. The summed E-state index contributed by atoms with van der Waals surface area (Å²) in [6.07, 6.45) is 0.554. The number of Topliss-reactive ketones (excluding diaryl/α,β-unsaturated/α-hetero) is 1. The van der Waals surface area contributed by atoms with Gasteiger partial charge in [-0.3, -0.25) is 4.79 Å². The molecule has 0 fully saturated rings. The lowest BCUT2D eigenvalue weighted by Gasteiger charge is -2.20. The highest BCUT2D eigenvalue weighted by atomic mass is 16.1. The van der Waals surface area contributed by atoms with Crippen LogP contribution in [-0.2, 0) is 5.41 Å². The Morgan fingerprint density at radius 3 is 2.05 bits per heavy atom. The lowest BCUT2D eigenvalue weighted by atomic mass is 9.85. The Bertz CT molecular complexity index is 588. The maximum atomic E-state index is 12.3. The molecule has 0 aliphatic rings. The first-order valence-corrected chi connectivity index (χ1v) is 7.56. The quantitative estimate of drug-likeness (QED) is 0.689. The minimum absolute atomic E-state index is 0.168. The third-order valence-corrected chi connectivity index (χ3v) is 3.93. The van der Waals surface area contributed by atoms with Gasteiger partial charge in [0.25, 0.3) is 0 Å². The summed E-state index contributed by atoms with van der Waals surface area (Å²) in [5.74, 6) is 0.453. The van der Waals surface area contributed by atoms with Gasteiger partial charge in [0.05, 0.1) is 0 Å². The minimum atomic E-state index is 0.168. The first kappa shape index (κ1) is 15.5. The van der Waals surface area contributed by atoms with Crippen molar-refractivity contribution in [2.24, 2.45) is 0 Å². The molecule has 0 aromatic heterocycles. The molecule has 2 aromatic carbocycles. The summed E-state index contributed by atoms with van der Waals surface area (Å²) in [6.45, 7) is 8.76. The number of rotatable bonds is 4. The normalized spacial score (nSPS) is 13.0. The van der Waals surface area contributed by atoms with Crippen molar-refractivity contribution in [2.75, 3.05) is 0 Å². The molecule has 0 saturated heterocycles. The molecular formula is C20H24O. The van der Waals surface area contributed by atoms with E-state index in [1.165, 1.54) is 11.1 Å². The Morgan fingerprint density at radius 2 is 1.52 bits per heavy atom. The molecule has 0 unspecified atom stereocenters. The summed E-state index contributed by atoms with van der Waals surface area (Å²) in [5.41, 5.74) is 3.53. The van der Waals surface area contributed by atoms with E-state index in [0.29, 0.717) is 6.42 Å². The number of benzene rings is 2. The van der Waals surface area contributed by atoms with Crippen molar-refractivity contribution in [1.29, 1.82) is 0 Å². The Morgan fingerprint density at radius 1 is 0.952 bits per heavy atom. The van der Waals surface area contributed by atoms with E-state index < -0.39 is 0 Å². The second-order valence-corrected chi connectivity index (χ2v) is 6.77. The third-order valence-electron chi connectivity index (χ3n) is 3.93. The first-order valence-electron chi connectivity index (χ1n) is 7.56. The van der Waals surface area contributed by atoms with Crippen LogP contribution in [0, 0.1) is 0 Å². The fraction of sp³-hybridized carbons (Fsp3) is 0.350. The van der Waals surface area contributed by atoms with Crippen LogP contribution in [0.4, 0.5) is 0 Å². The van der Waals surface area contributed by atoms with Crippen LogP contribution in [0.25, 0.3) is 0 Å². The molecule has 0 amide bonds. The molecule has 1 heteroatoms. The van der Waals surface area contributed by atoms with Crippen molar-refractivity contribution >= 4 is 5.78 Å². The van der Waals surface area contributed by atoms with Crippen LogP contribution in [0.3, 0.4) is 0 Å². The van der Waals surface area contributed by atoms with Crippen LogP contribution in [0.2, 0.25) is 0 Å². The van der Waals surface area contributed by atoms with Gasteiger partial charge in [0, 0.05) is 12.0 Å². The second kappa shape index (κ2) is 6.26. The number of hydrogen-bond donors (Lipinski definition) is 0. The summed E-state index contributed by atoms with van der Waals surface area (Å²) < 4.78 is 0. The van der Waals surface area contributed by atoms with Gasteiger partial charge in [0.2, 0.25) is 0 Å². The van der Waals surface area contributed by atoms with Gasteiger partial charge in [-0.1, -0.05) is 82.3 Å². The van der Waals surface area contributed by atoms with Crippen molar-refractivity contribution in [3.8, 4) is 0 Å². The van der Waals surface area contributed by atoms with Crippen molar-refractivity contribution in [2.45, 2.75) is 45.4 Å². The monoisotopic (exact) mass is 280 g/mol. The minimum Gasteiger partial charge on any atom is -0.294 e. The predicted octanol–water partition coefficient (Wildman–Crippen LogP) is 5.36. The Balaban J connectivity index is 2.07. The topological polar surface area (TPSA) is 17.1 Å². The summed E-state index contributed by atoms with van der Waals surface area (Å²) in [4.78, 5) is 12.3. The van der Waals surface area contributed by atoms with Gasteiger partial charge in [-0.25, -0.2) is 0 Å². The van der Waals surface area contributed by atoms with Gasteiger partial charge in [-0.15, -0.1) is 0 Å². The number of hydrogen-bond acceptors (Lipinski definition) is 1. The molecule has 110 valence electrons. The van der Waals surface area contributed by atoms with Crippen molar-refractivity contribution in [3.63, 3.8) is 0 Å². The van der Waals surface area contributed by atoms with Gasteiger partial charge in [-0.2, -0.15) is 0 Å². The van der Waals surface area contributed by atoms with Crippen molar-refractivity contribution < 1.29 is 4.79 Å². The summed E-state index contributed by atoms with van der Waals surface area (Å²) in [7, 11) is 0. The van der Waals surface area contributed by atoms with Gasteiger partial charge < -0.3 is 0 Å². The Kier molecular flexibility index (Phi) is 4.62. The second-order valence-electron chi connectivity index (χ2n) is 6.77. The van der Waals surface area contributed by atoms with Gasteiger partial charge >= 0.3 is 0 Å². The molecule has 21 heavy (non-hydrogen) atoms. The molecule has 0 N–H and O–H groups in total. The van der Waals surface area contributed by atoms with Crippen LogP contribution >= 0.6 is 0 Å². The average Bonchev–Trinajstić information content (AvgIpc) is 2.47. The highest BCUT2D eigenvalue weighted by molar-refractivity contribution is 5.96. The maximum absolute atomic E-state index is 12.3. The summed E-state index contributed by atoms with van der Waals surface area (Å²) >= 11 is 0. The molecule has 2 aromatic rings. The van der Waals surface area contributed by atoms with Crippen LogP contribution in [-0.4, -0.2) is 5.78 Å². The number of ketones is 1. The van der Waals surface area contributed by atoms with Gasteiger partial charge in [0.1, 0.15) is 0 Å². The zero-order valence-corrected chi connectivity index (χ0v) is 13.4. The molecule has 2 rings (SSSR count). The first-order chi connectivity index (χ1) is 9.88. The molecule has 0 bridgehead atoms. The van der Waals surface area contributed by atoms with Crippen LogP contribution in [0.5, 0.6) is 0 Å². The van der Waals surface area contributed by atoms with Gasteiger partial charge in [0.15, 0.2) is 5.78 Å². The zero-order chi connectivity index (χ0) is 15.5. The number of carbonyl (C=O) groups excluding carboxylic acids is 1. The highest BCUT2D eigenvalue weighted by Crippen LogP contribution is 2.26. The third kappa shape index (κ3) is 4.04. The average molecular weight is 280 g/mol. The summed E-state index contributed by atoms with van der Waals surface area (Å²) in [6, 6.07) is 18.2. The van der Waals surface area contributed by atoms with E-state index in [2.05, 4.69) is 52.0 Å². The van der Waals surface area contributed by atoms with E-state index in [4.69, 9.17) is 0 Å². The van der Waals surface area contributed by atoms with E-state index >= 15 is 0 Å². The van der Waals surface area contributed by atoms with E-state index in [9.17, 15) is 4.79 Å². The van der Waals surface area contributed by atoms with E-state index in [0.717, 1.165) is 5.56 Å². The molecule has 1 nitrogen and oxygen atoms in total. The zero-order valence-electron chi connectivity index (χ0n) is 13.4. The summed E-state index contributed by atoms with van der Waals surface area (Å²) in [5, 5.41) is 0. The molecule has 0 aliphatic carbocycles. The maximum Gasteiger partial charge on any atom is 0.163 e. The van der Waals surface area contributed by atoms with Crippen LogP contribution in [0.1, 0.15) is 61.5 Å². The molecule has 0 saturated carbocycles. The Labute approximate surface area is 128 Å². The van der Waals surface area contributed by atoms with E-state index in [1.54, 1.807) is 0 Å². The highest BCUT2D eigenvalue weighted by Gasteiger charge is 2.16. The molecular weight excluding hydrogens is 256 g/mol.